The molecule has 1 N–H and O–H groups in total. The SMILES string of the molecule is CNC(=O)c1ncc(N2CCN(C3CCCC3)CC2)s1. The average Bonchev–Trinajstić information content (AvgIpc) is 3.18. The van der Waals surface area contributed by atoms with Crippen LogP contribution in [-0.2, 0) is 0 Å². The van der Waals surface area contributed by atoms with E-state index in [0.29, 0.717) is 5.01 Å². The third-order valence-corrected chi connectivity index (χ3v) is 5.44. The molecular formula is C14H22N4OS. The van der Waals surface area contributed by atoms with Crippen molar-refractivity contribution in [2.75, 3.05) is 38.1 Å². The highest BCUT2D eigenvalue weighted by molar-refractivity contribution is 7.17. The van der Waals surface area contributed by atoms with Crippen molar-refractivity contribution >= 4 is 22.2 Å². The van der Waals surface area contributed by atoms with Gasteiger partial charge in [0.2, 0.25) is 0 Å². The van der Waals surface area contributed by atoms with Gasteiger partial charge in [0.25, 0.3) is 5.91 Å². The van der Waals surface area contributed by atoms with Gasteiger partial charge < -0.3 is 10.2 Å². The predicted molar refractivity (Wildman–Crippen MR) is 81.5 cm³/mol. The van der Waals surface area contributed by atoms with Crippen LogP contribution in [0.25, 0.3) is 0 Å². The summed E-state index contributed by atoms with van der Waals surface area (Å²) in [4.78, 5) is 20.8. The van der Waals surface area contributed by atoms with E-state index in [4.69, 9.17) is 0 Å². The van der Waals surface area contributed by atoms with Gasteiger partial charge in [0.15, 0.2) is 5.01 Å². The highest BCUT2D eigenvalue weighted by Crippen LogP contribution is 2.28. The van der Waals surface area contributed by atoms with Gasteiger partial charge in [-0.15, -0.1) is 0 Å². The van der Waals surface area contributed by atoms with Crippen molar-refractivity contribution in [2.45, 2.75) is 31.7 Å². The highest BCUT2D eigenvalue weighted by atomic mass is 32.1. The molecule has 1 aromatic rings. The Balaban J connectivity index is 1.57. The normalized spacial score (nSPS) is 21.4. The van der Waals surface area contributed by atoms with Crippen molar-refractivity contribution in [2.24, 2.45) is 0 Å². The standard InChI is InChI=1S/C14H22N4OS/c1-15-13(19)14-16-10-12(20-14)18-8-6-17(7-9-18)11-4-2-3-5-11/h10-11H,2-9H2,1H3,(H,15,19). The molecule has 5 nitrogen and oxygen atoms in total. The van der Waals surface area contributed by atoms with Crippen LogP contribution in [0.3, 0.4) is 0 Å². The number of hydrogen-bond acceptors (Lipinski definition) is 5. The molecule has 110 valence electrons. The number of nitrogens with zero attached hydrogens (tertiary/aromatic N) is 3. The molecule has 2 heterocycles. The number of hydrogen-bond donors (Lipinski definition) is 1. The first-order valence-corrected chi connectivity index (χ1v) is 8.26. The molecule has 0 atom stereocenters. The molecule has 1 saturated heterocycles. The topological polar surface area (TPSA) is 48.5 Å². The maximum atomic E-state index is 11.5. The van der Waals surface area contributed by atoms with Crippen molar-refractivity contribution in [3.63, 3.8) is 0 Å². The third kappa shape index (κ3) is 2.81. The summed E-state index contributed by atoms with van der Waals surface area (Å²) in [5.74, 6) is -0.0918. The molecule has 0 radical (unpaired) electrons. The molecule has 20 heavy (non-hydrogen) atoms. The quantitative estimate of drug-likeness (QED) is 0.919. The monoisotopic (exact) mass is 294 g/mol. The number of rotatable bonds is 3. The van der Waals surface area contributed by atoms with Gasteiger partial charge in [-0.2, -0.15) is 0 Å². The lowest BCUT2D eigenvalue weighted by atomic mass is 10.2. The van der Waals surface area contributed by atoms with E-state index in [1.54, 1.807) is 7.05 Å². The number of aromatic nitrogens is 1. The molecule has 2 aliphatic rings. The molecule has 1 amide bonds. The Hall–Kier alpha value is -1.14. The number of carbonyl (C=O) groups is 1. The number of nitrogens with one attached hydrogen (secondary N) is 1. The van der Waals surface area contributed by atoms with E-state index in [1.165, 1.54) is 37.0 Å². The molecule has 1 aromatic heterocycles. The summed E-state index contributed by atoms with van der Waals surface area (Å²) in [5.41, 5.74) is 0. The van der Waals surface area contributed by atoms with E-state index in [2.05, 4.69) is 20.1 Å². The van der Waals surface area contributed by atoms with Gasteiger partial charge in [-0.3, -0.25) is 9.69 Å². The Bertz CT molecular complexity index is 461. The van der Waals surface area contributed by atoms with Crippen molar-refractivity contribution in [1.29, 1.82) is 0 Å². The molecule has 0 spiro atoms. The zero-order valence-electron chi connectivity index (χ0n) is 12.0. The van der Waals surface area contributed by atoms with Crippen LogP contribution in [0.2, 0.25) is 0 Å². The molecule has 2 fully saturated rings. The highest BCUT2D eigenvalue weighted by Gasteiger charge is 2.27. The summed E-state index contributed by atoms with van der Waals surface area (Å²) in [7, 11) is 1.64. The summed E-state index contributed by atoms with van der Waals surface area (Å²) in [6.07, 6.45) is 7.38. The van der Waals surface area contributed by atoms with E-state index in [-0.39, 0.29) is 5.91 Å². The number of amides is 1. The number of thiazole rings is 1. The molecule has 1 saturated carbocycles. The fraction of sp³-hybridized carbons (Fsp3) is 0.714. The van der Waals surface area contributed by atoms with Crippen LogP contribution in [0.1, 0.15) is 35.5 Å². The van der Waals surface area contributed by atoms with Crippen molar-refractivity contribution in [3.05, 3.63) is 11.2 Å². The first kappa shape index (κ1) is 13.8. The van der Waals surface area contributed by atoms with E-state index in [0.717, 1.165) is 37.2 Å². The van der Waals surface area contributed by atoms with Crippen LogP contribution >= 0.6 is 11.3 Å². The van der Waals surface area contributed by atoms with Gasteiger partial charge in [0.1, 0.15) is 5.00 Å². The second-order valence-corrected chi connectivity index (χ2v) is 6.55. The van der Waals surface area contributed by atoms with Crippen LogP contribution in [0.4, 0.5) is 5.00 Å². The molecular weight excluding hydrogens is 272 g/mol. The third-order valence-electron chi connectivity index (χ3n) is 4.38. The minimum atomic E-state index is -0.0918. The maximum Gasteiger partial charge on any atom is 0.280 e. The maximum absolute atomic E-state index is 11.5. The molecule has 3 rings (SSSR count). The average molecular weight is 294 g/mol. The molecule has 1 aliphatic heterocycles. The van der Waals surface area contributed by atoms with E-state index >= 15 is 0 Å². The Labute approximate surface area is 124 Å². The fourth-order valence-electron chi connectivity index (χ4n) is 3.20. The summed E-state index contributed by atoms with van der Waals surface area (Å²) in [6.45, 7) is 4.37. The Morgan fingerprint density at radius 3 is 2.65 bits per heavy atom. The molecule has 0 bridgehead atoms. The molecule has 0 aromatic carbocycles. The lowest BCUT2D eigenvalue weighted by Crippen LogP contribution is -2.49. The zero-order chi connectivity index (χ0) is 13.9. The van der Waals surface area contributed by atoms with Crippen molar-refractivity contribution < 1.29 is 4.79 Å². The van der Waals surface area contributed by atoms with Gasteiger partial charge >= 0.3 is 0 Å². The Kier molecular flexibility index (Phi) is 4.21. The summed E-state index contributed by atoms with van der Waals surface area (Å²) in [6, 6.07) is 0.819. The second kappa shape index (κ2) is 6.10. The number of anilines is 1. The predicted octanol–water partition coefficient (Wildman–Crippen LogP) is 1.57. The van der Waals surface area contributed by atoms with Crippen LogP contribution in [0.5, 0.6) is 0 Å². The number of carbonyl (C=O) groups excluding carboxylic acids is 1. The zero-order valence-corrected chi connectivity index (χ0v) is 12.8. The molecule has 1 aliphatic carbocycles. The van der Waals surface area contributed by atoms with E-state index in [9.17, 15) is 4.79 Å². The smallest absolute Gasteiger partial charge is 0.280 e. The summed E-state index contributed by atoms with van der Waals surface area (Å²) in [5, 5.41) is 4.30. The second-order valence-electron chi connectivity index (χ2n) is 5.54. The minimum absolute atomic E-state index is 0.0918. The van der Waals surface area contributed by atoms with E-state index < -0.39 is 0 Å². The first-order chi connectivity index (χ1) is 9.78. The lowest BCUT2D eigenvalue weighted by molar-refractivity contribution is 0.0962. The Morgan fingerprint density at radius 1 is 1.30 bits per heavy atom. The largest absolute Gasteiger partial charge is 0.360 e. The van der Waals surface area contributed by atoms with Crippen LogP contribution in [0.15, 0.2) is 6.20 Å². The van der Waals surface area contributed by atoms with Gasteiger partial charge in [0, 0.05) is 39.3 Å². The minimum Gasteiger partial charge on any atom is -0.360 e. The molecule has 6 heteroatoms. The summed E-state index contributed by atoms with van der Waals surface area (Å²) < 4.78 is 0. The number of piperazine rings is 1. The Morgan fingerprint density at radius 2 is 2.00 bits per heavy atom. The van der Waals surface area contributed by atoms with Crippen molar-refractivity contribution in [1.82, 2.24) is 15.2 Å². The fourth-order valence-corrected chi connectivity index (χ4v) is 4.12. The van der Waals surface area contributed by atoms with Gasteiger partial charge in [-0.1, -0.05) is 24.2 Å². The van der Waals surface area contributed by atoms with Crippen LogP contribution < -0.4 is 10.2 Å². The van der Waals surface area contributed by atoms with Crippen molar-refractivity contribution in [3.8, 4) is 0 Å². The summed E-state index contributed by atoms with van der Waals surface area (Å²) >= 11 is 1.49. The molecule has 0 unspecified atom stereocenters. The van der Waals surface area contributed by atoms with Gasteiger partial charge in [0.05, 0.1) is 6.20 Å². The van der Waals surface area contributed by atoms with Gasteiger partial charge in [-0.25, -0.2) is 4.98 Å². The van der Waals surface area contributed by atoms with Crippen LogP contribution in [0, 0.1) is 0 Å². The van der Waals surface area contributed by atoms with Crippen LogP contribution in [-0.4, -0.2) is 55.1 Å². The first-order valence-electron chi connectivity index (χ1n) is 7.45. The van der Waals surface area contributed by atoms with E-state index in [1.807, 2.05) is 6.20 Å². The van der Waals surface area contributed by atoms with Gasteiger partial charge in [-0.05, 0) is 12.8 Å². The lowest BCUT2D eigenvalue weighted by Gasteiger charge is -2.38.